The molecule has 26 heavy (non-hydrogen) atoms. The third kappa shape index (κ3) is 4.68. The molecule has 1 atom stereocenters. The first-order valence-electron chi connectivity index (χ1n) is 8.49. The molecule has 1 aliphatic rings. The van der Waals surface area contributed by atoms with Gasteiger partial charge in [-0.3, -0.25) is 4.79 Å². The molecule has 0 aliphatic heterocycles. The molecular formula is C19H21FN2O3S. The van der Waals surface area contributed by atoms with Crippen molar-refractivity contribution in [1.82, 2.24) is 5.32 Å². The Hall–Kier alpha value is -2.25. The van der Waals surface area contributed by atoms with Crippen LogP contribution in [-0.2, 0) is 21.2 Å². The van der Waals surface area contributed by atoms with Crippen LogP contribution >= 0.6 is 0 Å². The minimum atomic E-state index is -3.70. The first kappa shape index (κ1) is 18.5. The van der Waals surface area contributed by atoms with Crippen molar-refractivity contribution in [2.24, 2.45) is 11.1 Å². The largest absolute Gasteiger partial charge is 0.355 e. The average molecular weight is 376 g/mol. The first-order chi connectivity index (χ1) is 12.3. The maximum atomic E-state index is 13.1. The molecule has 5 nitrogen and oxygen atoms in total. The maximum Gasteiger partial charge on any atom is 0.238 e. The molecule has 2 aromatic rings. The fourth-order valence-corrected chi connectivity index (χ4v) is 3.54. The van der Waals surface area contributed by atoms with Gasteiger partial charge in [-0.25, -0.2) is 17.9 Å². The monoisotopic (exact) mass is 376 g/mol. The second-order valence-corrected chi connectivity index (χ2v) is 8.16. The van der Waals surface area contributed by atoms with Crippen molar-refractivity contribution in [3.8, 4) is 0 Å². The number of carbonyl (C=O) groups is 1. The standard InChI is InChI=1S/C19H21FN2O3S/c20-16-7-5-15(6-8-16)18(14-3-4-14)19(23)22-12-11-13-1-9-17(10-2-13)26(21,24)25/h1-2,5-10,14,18H,3-4,11-12H2,(H,22,23)(H2,21,24,25). The van der Waals surface area contributed by atoms with Crippen molar-refractivity contribution in [2.75, 3.05) is 6.54 Å². The Morgan fingerprint density at radius 3 is 2.27 bits per heavy atom. The van der Waals surface area contributed by atoms with Crippen molar-refractivity contribution in [3.05, 3.63) is 65.5 Å². The van der Waals surface area contributed by atoms with Gasteiger partial charge in [-0.05, 0) is 60.6 Å². The van der Waals surface area contributed by atoms with E-state index in [1.165, 1.54) is 24.3 Å². The lowest BCUT2D eigenvalue weighted by Gasteiger charge is -2.17. The fraction of sp³-hybridized carbons (Fsp3) is 0.316. The molecule has 1 amide bonds. The zero-order valence-corrected chi connectivity index (χ0v) is 15.0. The Balaban J connectivity index is 1.58. The number of primary sulfonamides is 1. The summed E-state index contributed by atoms with van der Waals surface area (Å²) in [6, 6.07) is 12.4. The van der Waals surface area contributed by atoms with E-state index in [1.807, 2.05) is 0 Å². The number of hydrogen-bond donors (Lipinski definition) is 2. The number of amides is 1. The summed E-state index contributed by atoms with van der Waals surface area (Å²) < 4.78 is 35.6. The summed E-state index contributed by atoms with van der Waals surface area (Å²) in [5.41, 5.74) is 1.74. The zero-order chi connectivity index (χ0) is 18.7. The first-order valence-corrected chi connectivity index (χ1v) is 10.0. The Morgan fingerprint density at radius 2 is 1.73 bits per heavy atom. The van der Waals surface area contributed by atoms with E-state index < -0.39 is 10.0 Å². The molecule has 1 aliphatic carbocycles. The summed E-state index contributed by atoms with van der Waals surface area (Å²) in [6.07, 6.45) is 2.59. The molecule has 1 unspecified atom stereocenters. The van der Waals surface area contributed by atoms with Crippen molar-refractivity contribution in [1.29, 1.82) is 0 Å². The molecule has 7 heteroatoms. The molecule has 0 aromatic heterocycles. The van der Waals surface area contributed by atoms with Crippen LogP contribution in [0.3, 0.4) is 0 Å². The van der Waals surface area contributed by atoms with Crippen molar-refractivity contribution in [3.63, 3.8) is 0 Å². The predicted molar refractivity (Wildman–Crippen MR) is 96.4 cm³/mol. The summed E-state index contributed by atoms with van der Waals surface area (Å²) in [7, 11) is -3.70. The van der Waals surface area contributed by atoms with Crippen LogP contribution in [0.4, 0.5) is 4.39 Å². The van der Waals surface area contributed by atoms with Crippen LogP contribution in [0.5, 0.6) is 0 Å². The summed E-state index contributed by atoms with van der Waals surface area (Å²) >= 11 is 0. The molecular weight excluding hydrogens is 355 g/mol. The molecule has 0 heterocycles. The van der Waals surface area contributed by atoms with Gasteiger partial charge in [-0.2, -0.15) is 0 Å². The highest BCUT2D eigenvalue weighted by Gasteiger charge is 2.37. The van der Waals surface area contributed by atoms with Gasteiger partial charge in [0.15, 0.2) is 0 Å². The Morgan fingerprint density at radius 1 is 1.12 bits per heavy atom. The predicted octanol–water partition coefficient (Wildman–Crippen LogP) is 2.33. The van der Waals surface area contributed by atoms with Gasteiger partial charge >= 0.3 is 0 Å². The van der Waals surface area contributed by atoms with E-state index in [9.17, 15) is 17.6 Å². The topological polar surface area (TPSA) is 89.3 Å². The van der Waals surface area contributed by atoms with Crippen molar-refractivity contribution in [2.45, 2.75) is 30.1 Å². The van der Waals surface area contributed by atoms with Crippen LogP contribution in [0.1, 0.15) is 29.9 Å². The lowest BCUT2D eigenvalue weighted by molar-refractivity contribution is -0.123. The van der Waals surface area contributed by atoms with E-state index in [-0.39, 0.29) is 22.5 Å². The molecule has 0 radical (unpaired) electrons. The third-order valence-electron chi connectivity index (χ3n) is 4.57. The van der Waals surface area contributed by atoms with E-state index in [0.29, 0.717) is 18.9 Å². The number of hydrogen-bond acceptors (Lipinski definition) is 3. The van der Waals surface area contributed by atoms with Gasteiger partial charge in [0.25, 0.3) is 0 Å². The minimum absolute atomic E-state index is 0.0553. The molecule has 3 rings (SSSR count). The van der Waals surface area contributed by atoms with Crippen LogP contribution in [0.25, 0.3) is 0 Å². The highest BCUT2D eigenvalue weighted by Crippen LogP contribution is 2.42. The molecule has 1 saturated carbocycles. The summed E-state index contributed by atoms with van der Waals surface area (Å²) in [6.45, 7) is 0.442. The van der Waals surface area contributed by atoms with E-state index in [4.69, 9.17) is 5.14 Å². The van der Waals surface area contributed by atoms with Crippen LogP contribution in [-0.4, -0.2) is 20.9 Å². The molecule has 0 spiro atoms. The maximum absolute atomic E-state index is 13.1. The van der Waals surface area contributed by atoms with E-state index in [2.05, 4.69) is 5.32 Å². The molecule has 0 bridgehead atoms. The van der Waals surface area contributed by atoms with Crippen LogP contribution < -0.4 is 10.5 Å². The second kappa shape index (κ2) is 7.55. The highest BCUT2D eigenvalue weighted by molar-refractivity contribution is 7.89. The summed E-state index contributed by atoms with van der Waals surface area (Å²) in [5, 5.41) is 8.01. The molecule has 3 N–H and O–H groups in total. The highest BCUT2D eigenvalue weighted by atomic mass is 32.2. The Bertz CT molecular complexity index is 876. The number of nitrogens with one attached hydrogen (secondary N) is 1. The van der Waals surface area contributed by atoms with E-state index in [0.717, 1.165) is 24.0 Å². The van der Waals surface area contributed by atoms with Crippen LogP contribution in [0.2, 0.25) is 0 Å². The molecule has 0 saturated heterocycles. The average Bonchev–Trinajstić information content (AvgIpc) is 3.41. The number of halogens is 1. The van der Waals surface area contributed by atoms with E-state index in [1.54, 1.807) is 24.3 Å². The normalized spacial score (nSPS) is 15.5. The third-order valence-corrected chi connectivity index (χ3v) is 5.50. The quantitative estimate of drug-likeness (QED) is 0.777. The molecule has 2 aromatic carbocycles. The van der Waals surface area contributed by atoms with Crippen molar-refractivity contribution >= 4 is 15.9 Å². The second-order valence-electron chi connectivity index (χ2n) is 6.60. The minimum Gasteiger partial charge on any atom is -0.355 e. The number of benzene rings is 2. The number of nitrogens with two attached hydrogens (primary N) is 1. The Labute approximate surface area is 152 Å². The van der Waals surface area contributed by atoms with Crippen LogP contribution in [0.15, 0.2) is 53.4 Å². The van der Waals surface area contributed by atoms with Crippen LogP contribution in [0, 0.1) is 11.7 Å². The lowest BCUT2D eigenvalue weighted by atomic mass is 9.93. The number of carbonyl (C=O) groups excluding carboxylic acids is 1. The van der Waals surface area contributed by atoms with Crippen molar-refractivity contribution < 1.29 is 17.6 Å². The van der Waals surface area contributed by atoms with Gasteiger partial charge < -0.3 is 5.32 Å². The van der Waals surface area contributed by atoms with Gasteiger partial charge in [-0.1, -0.05) is 24.3 Å². The van der Waals surface area contributed by atoms with Gasteiger partial charge in [0, 0.05) is 6.54 Å². The Kier molecular flexibility index (Phi) is 5.38. The molecule has 138 valence electrons. The number of rotatable bonds is 7. The summed E-state index contributed by atoms with van der Waals surface area (Å²) in [5.74, 6) is -0.304. The number of sulfonamides is 1. The zero-order valence-electron chi connectivity index (χ0n) is 14.2. The van der Waals surface area contributed by atoms with Gasteiger partial charge in [0.1, 0.15) is 5.82 Å². The smallest absolute Gasteiger partial charge is 0.238 e. The van der Waals surface area contributed by atoms with Gasteiger partial charge in [0.2, 0.25) is 15.9 Å². The van der Waals surface area contributed by atoms with Gasteiger partial charge in [-0.15, -0.1) is 0 Å². The summed E-state index contributed by atoms with van der Waals surface area (Å²) in [4.78, 5) is 12.7. The van der Waals surface area contributed by atoms with E-state index >= 15 is 0 Å². The van der Waals surface area contributed by atoms with Gasteiger partial charge in [0.05, 0.1) is 10.8 Å². The fourth-order valence-electron chi connectivity index (χ4n) is 3.02. The lowest BCUT2D eigenvalue weighted by Crippen LogP contribution is -2.32. The molecule has 1 fully saturated rings. The SMILES string of the molecule is NS(=O)(=O)c1ccc(CCNC(=O)C(c2ccc(F)cc2)C2CC2)cc1.